The van der Waals surface area contributed by atoms with Gasteiger partial charge in [-0.3, -0.25) is 0 Å². The number of sulfonamides is 1. The summed E-state index contributed by atoms with van der Waals surface area (Å²) in [6, 6.07) is 3.37. The van der Waals surface area contributed by atoms with Gasteiger partial charge in [-0.25, -0.2) is 13.2 Å². The van der Waals surface area contributed by atoms with Gasteiger partial charge >= 0.3 is 6.03 Å². The average Bonchev–Trinajstić information content (AvgIpc) is 2.77. The molecule has 6 nitrogen and oxygen atoms in total. The van der Waals surface area contributed by atoms with Crippen LogP contribution in [0.5, 0.6) is 0 Å². The number of aryl methyl sites for hydroxylation is 1. The quantitative estimate of drug-likeness (QED) is 0.885. The second kappa shape index (κ2) is 7.41. The highest BCUT2D eigenvalue weighted by molar-refractivity contribution is 7.91. The molecule has 0 bridgehead atoms. The number of hydrogen-bond donors (Lipinski definition) is 1. The van der Waals surface area contributed by atoms with Crippen LogP contribution in [0, 0.1) is 12.3 Å². The number of nitrogens with zero attached hydrogens (tertiary/aromatic N) is 2. The van der Waals surface area contributed by atoms with Crippen LogP contribution in [0.15, 0.2) is 16.3 Å². The molecular formula is C16H27N3O3S2. The zero-order valence-electron chi connectivity index (χ0n) is 14.8. The van der Waals surface area contributed by atoms with E-state index in [1.54, 1.807) is 11.0 Å². The lowest BCUT2D eigenvalue weighted by atomic mass is 9.97. The average molecular weight is 374 g/mol. The zero-order chi connectivity index (χ0) is 18.0. The molecule has 0 aromatic carbocycles. The molecule has 1 aromatic rings. The van der Waals surface area contributed by atoms with Crippen molar-refractivity contribution >= 4 is 27.4 Å². The van der Waals surface area contributed by atoms with Gasteiger partial charge in [-0.15, -0.1) is 11.3 Å². The summed E-state index contributed by atoms with van der Waals surface area (Å²) in [4.78, 5) is 15.0. The number of thiophene rings is 1. The molecule has 0 atom stereocenters. The van der Waals surface area contributed by atoms with Crippen molar-refractivity contribution in [2.75, 3.05) is 32.7 Å². The molecule has 2 rings (SSSR count). The molecular weight excluding hydrogens is 346 g/mol. The third-order valence-electron chi connectivity index (χ3n) is 3.82. The summed E-state index contributed by atoms with van der Waals surface area (Å²) in [6.45, 7) is 10.5. The molecule has 1 fully saturated rings. The first-order chi connectivity index (χ1) is 11.1. The lowest BCUT2D eigenvalue weighted by Crippen LogP contribution is -2.44. The largest absolute Gasteiger partial charge is 0.337 e. The van der Waals surface area contributed by atoms with Crippen LogP contribution in [0.3, 0.4) is 0 Å². The van der Waals surface area contributed by atoms with Gasteiger partial charge in [0, 0.05) is 37.6 Å². The molecule has 0 radical (unpaired) electrons. The summed E-state index contributed by atoms with van der Waals surface area (Å²) in [5.41, 5.74) is 0.0217. The summed E-state index contributed by atoms with van der Waals surface area (Å²) in [7, 11) is -3.46. The van der Waals surface area contributed by atoms with Crippen LogP contribution in [-0.4, -0.2) is 56.4 Å². The lowest BCUT2D eigenvalue weighted by molar-refractivity contribution is 0.195. The van der Waals surface area contributed by atoms with E-state index in [0.29, 0.717) is 43.4 Å². The molecule has 1 N–H and O–H groups in total. The third kappa shape index (κ3) is 4.94. The number of nitrogens with one attached hydrogen (secondary N) is 1. The van der Waals surface area contributed by atoms with Crippen molar-refractivity contribution in [1.82, 2.24) is 14.5 Å². The molecule has 8 heteroatoms. The van der Waals surface area contributed by atoms with E-state index >= 15 is 0 Å². The van der Waals surface area contributed by atoms with Crippen molar-refractivity contribution in [2.24, 2.45) is 5.41 Å². The van der Waals surface area contributed by atoms with E-state index in [1.807, 2.05) is 13.0 Å². The molecule has 136 valence electrons. The van der Waals surface area contributed by atoms with Crippen LogP contribution < -0.4 is 5.32 Å². The van der Waals surface area contributed by atoms with Crippen molar-refractivity contribution in [1.29, 1.82) is 0 Å². The Kier molecular flexibility index (Phi) is 5.93. The van der Waals surface area contributed by atoms with Gasteiger partial charge in [0.2, 0.25) is 0 Å². The second-order valence-electron chi connectivity index (χ2n) is 7.33. The molecule has 2 amide bonds. The van der Waals surface area contributed by atoms with Crippen LogP contribution in [0.25, 0.3) is 0 Å². The van der Waals surface area contributed by atoms with Crippen molar-refractivity contribution in [3.63, 3.8) is 0 Å². The van der Waals surface area contributed by atoms with E-state index in [2.05, 4.69) is 26.1 Å². The molecule has 1 aliphatic rings. The highest BCUT2D eigenvalue weighted by atomic mass is 32.2. The van der Waals surface area contributed by atoms with E-state index in [-0.39, 0.29) is 11.4 Å². The molecule has 2 heterocycles. The van der Waals surface area contributed by atoms with Crippen LogP contribution in [0.4, 0.5) is 4.79 Å². The highest BCUT2D eigenvalue weighted by Gasteiger charge is 2.29. The van der Waals surface area contributed by atoms with E-state index in [4.69, 9.17) is 0 Å². The first kappa shape index (κ1) is 19.2. The first-order valence-corrected chi connectivity index (χ1v) is 10.4. The van der Waals surface area contributed by atoms with Crippen LogP contribution in [0.2, 0.25) is 0 Å². The summed E-state index contributed by atoms with van der Waals surface area (Å²) in [5.74, 6) is 0. The van der Waals surface area contributed by atoms with Gasteiger partial charge in [-0.2, -0.15) is 4.31 Å². The van der Waals surface area contributed by atoms with Gasteiger partial charge in [0.25, 0.3) is 10.0 Å². The van der Waals surface area contributed by atoms with Gasteiger partial charge in [-0.1, -0.05) is 20.8 Å². The van der Waals surface area contributed by atoms with Crippen molar-refractivity contribution < 1.29 is 13.2 Å². The summed E-state index contributed by atoms with van der Waals surface area (Å²) in [5, 5.41) is 2.93. The van der Waals surface area contributed by atoms with E-state index in [1.165, 1.54) is 15.6 Å². The standard InChI is InChI=1S/C16H27N3O3S2/c1-13-6-7-14(23-13)24(21,22)19-9-5-8-18(10-11-19)15(20)17-12-16(2,3)4/h6-7H,5,8-12H2,1-4H3,(H,17,20). The Bertz CT molecular complexity index is 677. The molecule has 1 aromatic heterocycles. The fourth-order valence-corrected chi connectivity index (χ4v) is 5.38. The van der Waals surface area contributed by atoms with Crippen molar-refractivity contribution in [3.8, 4) is 0 Å². The number of rotatable bonds is 3. The van der Waals surface area contributed by atoms with Crippen molar-refractivity contribution in [2.45, 2.75) is 38.3 Å². The van der Waals surface area contributed by atoms with Gasteiger partial charge in [0.15, 0.2) is 0 Å². The Balaban J connectivity index is 1.98. The fraction of sp³-hybridized carbons (Fsp3) is 0.688. The Hall–Kier alpha value is -1.12. The maximum absolute atomic E-state index is 12.7. The lowest BCUT2D eigenvalue weighted by Gasteiger charge is -2.25. The van der Waals surface area contributed by atoms with E-state index in [0.717, 1.165) is 4.88 Å². The van der Waals surface area contributed by atoms with Crippen molar-refractivity contribution in [3.05, 3.63) is 17.0 Å². The Morgan fingerprint density at radius 3 is 2.50 bits per heavy atom. The molecule has 0 spiro atoms. The monoisotopic (exact) mass is 373 g/mol. The molecule has 0 aliphatic carbocycles. The summed E-state index contributed by atoms with van der Waals surface area (Å²) < 4.78 is 27.3. The van der Waals surface area contributed by atoms with Gasteiger partial charge < -0.3 is 10.2 Å². The molecule has 0 saturated carbocycles. The van der Waals surface area contributed by atoms with Crippen LogP contribution in [0.1, 0.15) is 32.1 Å². The Morgan fingerprint density at radius 2 is 1.92 bits per heavy atom. The predicted molar refractivity (Wildman–Crippen MR) is 96.9 cm³/mol. The van der Waals surface area contributed by atoms with Gasteiger partial charge in [0.05, 0.1) is 0 Å². The Labute approximate surface area is 148 Å². The topological polar surface area (TPSA) is 69.7 Å². The normalized spacial score (nSPS) is 17.6. The number of carbonyl (C=O) groups excluding carboxylic acids is 1. The maximum Gasteiger partial charge on any atom is 0.317 e. The zero-order valence-corrected chi connectivity index (χ0v) is 16.5. The van der Waals surface area contributed by atoms with Crippen LogP contribution >= 0.6 is 11.3 Å². The number of hydrogen-bond acceptors (Lipinski definition) is 4. The fourth-order valence-electron chi connectivity index (χ4n) is 2.47. The minimum Gasteiger partial charge on any atom is -0.337 e. The SMILES string of the molecule is Cc1ccc(S(=O)(=O)N2CCCN(C(=O)NCC(C)(C)C)CC2)s1. The molecule has 1 aliphatic heterocycles. The number of amides is 2. The minimum atomic E-state index is -3.46. The van der Waals surface area contributed by atoms with E-state index < -0.39 is 10.0 Å². The third-order valence-corrected chi connectivity index (χ3v) is 7.19. The Morgan fingerprint density at radius 1 is 1.21 bits per heavy atom. The molecule has 24 heavy (non-hydrogen) atoms. The van der Waals surface area contributed by atoms with Gasteiger partial charge in [0.1, 0.15) is 4.21 Å². The minimum absolute atomic E-state index is 0.0217. The maximum atomic E-state index is 12.7. The predicted octanol–water partition coefficient (Wildman–Crippen LogP) is 2.51. The first-order valence-electron chi connectivity index (χ1n) is 8.19. The molecule has 1 saturated heterocycles. The second-order valence-corrected chi connectivity index (χ2v) is 10.8. The summed E-state index contributed by atoms with van der Waals surface area (Å²) >= 11 is 1.29. The number of urea groups is 1. The smallest absolute Gasteiger partial charge is 0.317 e. The van der Waals surface area contributed by atoms with Crippen LogP contribution in [-0.2, 0) is 10.0 Å². The number of carbonyl (C=O) groups is 1. The van der Waals surface area contributed by atoms with Gasteiger partial charge in [-0.05, 0) is 30.9 Å². The molecule has 0 unspecified atom stereocenters. The summed E-state index contributed by atoms with van der Waals surface area (Å²) in [6.07, 6.45) is 0.645. The van der Waals surface area contributed by atoms with E-state index in [9.17, 15) is 13.2 Å². The highest BCUT2D eigenvalue weighted by Crippen LogP contribution is 2.25.